The molecule has 0 aromatic heterocycles. The third-order valence-electron chi connectivity index (χ3n) is 2.44. The van der Waals surface area contributed by atoms with Gasteiger partial charge in [0.05, 0.1) is 0 Å². The molecule has 0 aliphatic carbocycles. The van der Waals surface area contributed by atoms with Crippen molar-refractivity contribution in [2.75, 3.05) is 6.54 Å². The Bertz CT molecular complexity index is 195. The van der Waals surface area contributed by atoms with Crippen LogP contribution in [0, 0.1) is 0 Å². The van der Waals surface area contributed by atoms with Crippen molar-refractivity contribution in [1.82, 2.24) is 0 Å². The SMILES string of the molecule is CCCCN=CCCC(C)=NC(C)CC. The number of hydrogen-bond donors (Lipinski definition) is 0. The smallest absolute Gasteiger partial charge is 0.0468 e. The zero-order chi connectivity index (χ0) is 11.5. The minimum atomic E-state index is 0.474. The summed E-state index contributed by atoms with van der Waals surface area (Å²) >= 11 is 0. The van der Waals surface area contributed by atoms with Crippen LogP contribution in [-0.2, 0) is 0 Å². The van der Waals surface area contributed by atoms with Gasteiger partial charge in [0, 0.05) is 18.3 Å². The molecule has 1 unspecified atom stereocenters. The highest BCUT2D eigenvalue weighted by molar-refractivity contribution is 5.84. The van der Waals surface area contributed by atoms with Gasteiger partial charge in [-0.15, -0.1) is 0 Å². The molecule has 0 aliphatic rings. The fourth-order valence-corrected chi connectivity index (χ4v) is 1.24. The molecule has 15 heavy (non-hydrogen) atoms. The Balaban J connectivity index is 3.58. The first-order valence-corrected chi connectivity index (χ1v) is 6.22. The fourth-order valence-electron chi connectivity index (χ4n) is 1.24. The number of rotatable bonds is 8. The van der Waals surface area contributed by atoms with Gasteiger partial charge in [0.25, 0.3) is 0 Å². The van der Waals surface area contributed by atoms with E-state index in [4.69, 9.17) is 0 Å². The van der Waals surface area contributed by atoms with Crippen LogP contribution < -0.4 is 0 Å². The topological polar surface area (TPSA) is 24.7 Å². The largest absolute Gasteiger partial charge is 0.298 e. The van der Waals surface area contributed by atoms with E-state index in [0.29, 0.717) is 6.04 Å². The summed E-state index contributed by atoms with van der Waals surface area (Å²) in [6.07, 6.45) is 7.70. The van der Waals surface area contributed by atoms with Gasteiger partial charge in [0.1, 0.15) is 0 Å². The molecule has 0 aromatic carbocycles. The highest BCUT2D eigenvalue weighted by Gasteiger charge is 1.95. The highest BCUT2D eigenvalue weighted by atomic mass is 14.8. The molecular formula is C13H26N2. The molecule has 2 nitrogen and oxygen atoms in total. The molecule has 0 aromatic rings. The Morgan fingerprint density at radius 1 is 1.33 bits per heavy atom. The van der Waals surface area contributed by atoms with Crippen LogP contribution in [0.4, 0.5) is 0 Å². The van der Waals surface area contributed by atoms with Gasteiger partial charge in [0.2, 0.25) is 0 Å². The van der Waals surface area contributed by atoms with Gasteiger partial charge in [-0.3, -0.25) is 9.98 Å². The normalized spacial score (nSPS) is 14.8. The first-order chi connectivity index (χ1) is 7.20. The summed E-state index contributed by atoms with van der Waals surface area (Å²) in [7, 11) is 0. The van der Waals surface area contributed by atoms with E-state index < -0.39 is 0 Å². The monoisotopic (exact) mass is 210 g/mol. The first-order valence-electron chi connectivity index (χ1n) is 6.22. The maximum Gasteiger partial charge on any atom is 0.0468 e. The van der Waals surface area contributed by atoms with Crippen molar-refractivity contribution in [2.45, 2.75) is 65.8 Å². The molecule has 88 valence electrons. The van der Waals surface area contributed by atoms with Gasteiger partial charge in [0.15, 0.2) is 0 Å². The van der Waals surface area contributed by atoms with Gasteiger partial charge in [-0.05, 0) is 45.7 Å². The summed E-state index contributed by atoms with van der Waals surface area (Å²) in [5.41, 5.74) is 1.26. The van der Waals surface area contributed by atoms with E-state index in [1.807, 2.05) is 6.21 Å². The van der Waals surface area contributed by atoms with Crippen LogP contribution in [-0.4, -0.2) is 24.5 Å². The molecule has 1 atom stereocenters. The Morgan fingerprint density at radius 2 is 2.07 bits per heavy atom. The van der Waals surface area contributed by atoms with Crippen molar-refractivity contribution in [3.05, 3.63) is 0 Å². The van der Waals surface area contributed by atoms with Crippen LogP contribution in [0.25, 0.3) is 0 Å². The molecular weight excluding hydrogens is 184 g/mol. The minimum absolute atomic E-state index is 0.474. The average Bonchev–Trinajstić information content (AvgIpc) is 2.23. The Hall–Kier alpha value is -0.660. The van der Waals surface area contributed by atoms with Gasteiger partial charge >= 0.3 is 0 Å². The van der Waals surface area contributed by atoms with Crippen molar-refractivity contribution < 1.29 is 0 Å². The van der Waals surface area contributed by atoms with Crippen LogP contribution in [0.3, 0.4) is 0 Å². The molecule has 2 heteroatoms. The number of hydrogen-bond acceptors (Lipinski definition) is 2. The standard InChI is InChI=1S/C13H26N2/c1-5-7-10-14-11-8-9-13(4)15-12(3)6-2/h11-12H,5-10H2,1-4H3. The molecule has 0 saturated heterocycles. The predicted octanol–water partition coefficient (Wildman–Crippen LogP) is 3.90. The molecule has 0 N–H and O–H groups in total. The lowest BCUT2D eigenvalue weighted by atomic mass is 10.2. The van der Waals surface area contributed by atoms with Crippen LogP contribution in [0.15, 0.2) is 9.98 Å². The number of aliphatic imine (C=N–C) groups is 2. The second kappa shape index (κ2) is 9.88. The number of unbranched alkanes of at least 4 members (excludes halogenated alkanes) is 1. The molecule has 0 heterocycles. The fraction of sp³-hybridized carbons (Fsp3) is 0.846. The molecule has 0 aliphatic heterocycles. The second-order valence-electron chi connectivity index (χ2n) is 4.10. The number of nitrogens with zero attached hydrogens (tertiary/aromatic N) is 2. The summed E-state index contributed by atoms with van der Waals surface area (Å²) in [5, 5.41) is 0. The van der Waals surface area contributed by atoms with E-state index in [1.54, 1.807) is 0 Å². The Morgan fingerprint density at radius 3 is 2.67 bits per heavy atom. The summed E-state index contributed by atoms with van der Waals surface area (Å²) in [6.45, 7) is 9.63. The summed E-state index contributed by atoms with van der Waals surface area (Å²) in [6, 6.07) is 0.474. The quantitative estimate of drug-likeness (QED) is 0.429. The van der Waals surface area contributed by atoms with Crippen molar-refractivity contribution in [3.63, 3.8) is 0 Å². The van der Waals surface area contributed by atoms with Gasteiger partial charge in [-0.1, -0.05) is 20.3 Å². The lowest BCUT2D eigenvalue weighted by Crippen LogP contribution is -2.01. The third kappa shape index (κ3) is 9.64. The van der Waals surface area contributed by atoms with E-state index in [9.17, 15) is 0 Å². The Labute approximate surface area is 94.9 Å². The summed E-state index contributed by atoms with van der Waals surface area (Å²) < 4.78 is 0. The van der Waals surface area contributed by atoms with E-state index in [1.165, 1.54) is 18.6 Å². The maximum absolute atomic E-state index is 4.58. The maximum atomic E-state index is 4.58. The van der Waals surface area contributed by atoms with E-state index >= 15 is 0 Å². The lowest BCUT2D eigenvalue weighted by Gasteiger charge is -2.03. The predicted molar refractivity (Wildman–Crippen MR) is 70.4 cm³/mol. The zero-order valence-electron chi connectivity index (χ0n) is 10.8. The van der Waals surface area contributed by atoms with Crippen molar-refractivity contribution in [2.24, 2.45) is 9.98 Å². The van der Waals surface area contributed by atoms with Crippen LogP contribution in [0.1, 0.15) is 59.8 Å². The van der Waals surface area contributed by atoms with Crippen molar-refractivity contribution >= 4 is 11.9 Å². The van der Waals surface area contributed by atoms with Crippen LogP contribution in [0.5, 0.6) is 0 Å². The van der Waals surface area contributed by atoms with Gasteiger partial charge < -0.3 is 0 Å². The zero-order valence-corrected chi connectivity index (χ0v) is 10.8. The summed E-state index contributed by atoms with van der Waals surface area (Å²) in [5.74, 6) is 0. The van der Waals surface area contributed by atoms with Crippen molar-refractivity contribution in [3.8, 4) is 0 Å². The third-order valence-corrected chi connectivity index (χ3v) is 2.44. The van der Waals surface area contributed by atoms with Gasteiger partial charge in [-0.25, -0.2) is 0 Å². The van der Waals surface area contributed by atoms with E-state index in [2.05, 4.69) is 37.7 Å². The van der Waals surface area contributed by atoms with Crippen molar-refractivity contribution in [1.29, 1.82) is 0 Å². The molecule has 0 rings (SSSR count). The molecule has 0 fully saturated rings. The molecule has 0 bridgehead atoms. The lowest BCUT2D eigenvalue weighted by molar-refractivity contribution is 0.713. The van der Waals surface area contributed by atoms with Crippen LogP contribution >= 0.6 is 0 Å². The molecule has 0 saturated carbocycles. The first kappa shape index (κ1) is 14.3. The average molecular weight is 210 g/mol. The van der Waals surface area contributed by atoms with E-state index in [-0.39, 0.29) is 0 Å². The van der Waals surface area contributed by atoms with Gasteiger partial charge in [-0.2, -0.15) is 0 Å². The molecule has 0 amide bonds. The molecule has 0 radical (unpaired) electrons. The highest BCUT2D eigenvalue weighted by Crippen LogP contribution is 1.99. The molecule has 0 spiro atoms. The second-order valence-corrected chi connectivity index (χ2v) is 4.10. The minimum Gasteiger partial charge on any atom is -0.298 e. The van der Waals surface area contributed by atoms with E-state index in [0.717, 1.165) is 25.8 Å². The Kier molecular flexibility index (Phi) is 9.44. The van der Waals surface area contributed by atoms with Crippen LogP contribution in [0.2, 0.25) is 0 Å². The summed E-state index contributed by atoms with van der Waals surface area (Å²) in [4.78, 5) is 8.94.